The molecule has 23 heavy (non-hydrogen) atoms. The zero-order valence-electron chi connectivity index (χ0n) is 14.6. The first-order valence-electron chi connectivity index (χ1n) is 8.24. The van der Waals surface area contributed by atoms with E-state index in [9.17, 15) is 4.79 Å². The minimum Gasteiger partial charge on any atom is -0.326 e. The van der Waals surface area contributed by atoms with Crippen LogP contribution in [0.1, 0.15) is 29.2 Å². The number of likely N-dealkylation sites (N-methyl/N-ethyl adjacent to an activating group) is 1. The molecule has 3 nitrogen and oxygen atoms in total. The highest BCUT2D eigenvalue weighted by atomic mass is 16.2. The number of amides is 1. The molecule has 0 saturated carbocycles. The second kappa shape index (κ2) is 7.93. The highest BCUT2D eigenvalue weighted by Gasteiger charge is 2.12. The Labute approximate surface area is 139 Å². The lowest BCUT2D eigenvalue weighted by molar-refractivity contribution is -0.885. The molecule has 0 aliphatic carbocycles. The number of quaternary nitrogens is 1. The van der Waals surface area contributed by atoms with Crippen molar-refractivity contribution in [1.29, 1.82) is 0 Å². The number of nitrogens with one attached hydrogen (secondary N) is 2. The van der Waals surface area contributed by atoms with Crippen LogP contribution in [-0.4, -0.2) is 19.5 Å². The number of carbonyl (C=O) groups is 1. The van der Waals surface area contributed by atoms with Gasteiger partial charge in [0.25, 0.3) is 5.91 Å². The van der Waals surface area contributed by atoms with Crippen molar-refractivity contribution in [2.45, 2.75) is 33.7 Å². The molecular formula is C20H27N2O+. The van der Waals surface area contributed by atoms with Crippen molar-refractivity contribution in [3.8, 4) is 0 Å². The zero-order chi connectivity index (χ0) is 16.8. The van der Waals surface area contributed by atoms with Crippen LogP contribution in [0, 0.1) is 13.8 Å². The van der Waals surface area contributed by atoms with E-state index in [1.807, 2.05) is 19.1 Å². The standard InChI is InChI=1S/C20H26N2O/c1-5-17-9-11-18(12-10-17)13-22(4)14-20(23)21-19-8-6-7-15(2)16(19)3/h6-12H,5,13-14H2,1-4H3,(H,21,23)/p+1. The molecule has 0 heterocycles. The molecule has 0 radical (unpaired) electrons. The summed E-state index contributed by atoms with van der Waals surface area (Å²) >= 11 is 0. The van der Waals surface area contributed by atoms with Crippen molar-refractivity contribution in [3.05, 3.63) is 64.7 Å². The van der Waals surface area contributed by atoms with Gasteiger partial charge in [0.15, 0.2) is 6.54 Å². The number of benzene rings is 2. The van der Waals surface area contributed by atoms with E-state index in [1.54, 1.807) is 0 Å². The first-order chi connectivity index (χ1) is 11.0. The molecule has 1 amide bonds. The van der Waals surface area contributed by atoms with E-state index in [-0.39, 0.29) is 5.91 Å². The van der Waals surface area contributed by atoms with Crippen molar-refractivity contribution in [3.63, 3.8) is 0 Å². The third-order valence-electron chi connectivity index (χ3n) is 4.28. The largest absolute Gasteiger partial charge is 0.326 e. The SMILES string of the molecule is CCc1ccc(C[NH+](C)CC(=O)Nc2cccc(C)c2C)cc1. The van der Waals surface area contributed by atoms with Crippen LogP contribution < -0.4 is 10.2 Å². The number of hydrogen-bond donors (Lipinski definition) is 2. The Bertz CT molecular complexity index is 662. The van der Waals surface area contributed by atoms with E-state index < -0.39 is 0 Å². The topological polar surface area (TPSA) is 33.5 Å². The van der Waals surface area contributed by atoms with E-state index >= 15 is 0 Å². The van der Waals surface area contributed by atoms with Gasteiger partial charge in [0, 0.05) is 11.3 Å². The van der Waals surface area contributed by atoms with Crippen LogP contribution in [0.3, 0.4) is 0 Å². The number of hydrogen-bond acceptors (Lipinski definition) is 1. The average molecular weight is 311 g/mol. The van der Waals surface area contributed by atoms with E-state index in [0.717, 1.165) is 24.2 Å². The van der Waals surface area contributed by atoms with Crippen LogP contribution in [0.4, 0.5) is 5.69 Å². The summed E-state index contributed by atoms with van der Waals surface area (Å²) in [7, 11) is 2.05. The molecule has 122 valence electrons. The third-order valence-corrected chi connectivity index (χ3v) is 4.28. The molecule has 3 heteroatoms. The number of anilines is 1. The number of aryl methyl sites for hydroxylation is 2. The zero-order valence-corrected chi connectivity index (χ0v) is 14.6. The second-order valence-electron chi connectivity index (χ2n) is 6.28. The van der Waals surface area contributed by atoms with Gasteiger partial charge >= 0.3 is 0 Å². The molecule has 0 spiro atoms. The Balaban J connectivity index is 1.90. The number of rotatable bonds is 6. The van der Waals surface area contributed by atoms with Crippen LogP contribution in [0.15, 0.2) is 42.5 Å². The Morgan fingerprint density at radius 3 is 2.35 bits per heavy atom. The minimum atomic E-state index is 0.0568. The van der Waals surface area contributed by atoms with Crippen molar-refractivity contribution < 1.29 is 9.69 Å². The van der Waals surface area contributed by atoms with E-state index in [2.05, 4.69) is 56.5 Å². The maximum Gasteiger partial charge on any atom is 0.279 e. The highest BCUT2D eigenvalue weighted by Crippen LogP contribution is 2.17. The van der Waals surface area contributed by atoms with Gasteiger partial charge in [0.1, 0.15) is 6.54 Å². The molecule has 0 aromatic heterocycles. The summed E-state index contributed by atoms with van der Waals surface area (Å²) in [5.41, 5.74) is 5.85. The van der Waals surface area contributed by atoms with Crippen LogP contribution in [-0.2, 0) is 17.8 Å². The van der Waals surface area contributed by atoms with Crippen molar-refractivity contribution in [2.24, 2.45) is 0 Å². The number of carbonyl (C=O) groups excluding carboxylic acids is 1. The van der Waals surface area contributed by atoms with Gasteiger partial charge < -0.3 is 10.2 Å². The van der Waals surface area contributed by atoms with E-state index in [0.29, 0.717) is 6.54 Å². The summed E-state index contributed by atoms with van der Waals surface area (Å²) in [6, 6.07) is 14.6. The summed E-state index contributed by atoms with van der Waals surface area (Å²) in [6.45, 7) is 7.57. The molecule has 2 rings (SSSR count). The van der Waals surface area contributed by atoms with Crippen molar-refractivity contribution in [1.82, 2.24) is 0 Å². The third kappa shape index (κ3) is 4.93. The Morgan fingerprint density at radius 2 is 1.70 bits per heavy atom. The molecule has 1 unspecified atom stereocenters. The van der Waals surface area contributed by atoms with Gasteiger partial charge in [-0.3, -0.25) is 4.79 Å². The lowest BCUT2D eigenvalue weighted by Crippen LogP contribution is -3.08. The van der Waals surface area contributed by atoms with Crippen LogP contribution in [0.5, 0.6) is 0 Å². The van der Waals surface area contributed by atoms with Gasteiger partial charge in [-0.15, -0.1) is 0 Å². The molecule has 0 fully saturated rings. The average Bonchev–Trinajstić information content (AvgIpc) is 2.52. The molecule has 0 saturated heterocycles. The predicted octanol–water partition coefficient (Wildman–Crippen LogP) is 2.52. The molecule has 0 bridgehead atoms. The lowest BCUT2D eigenvalue weighted by Gasteiger charge is -2.15. The first-order valence-corrected chi connectivity index (χ1v) is 8.24. The molecule has 0 aliphatic rings. The minimum absolute atomic E-state index is 0.0568. The normalized spacial score (nSPS) is 12.0. The van der Waals surface area contributed by atoms with Gasteiger partial charge in [0.05, 0.1) is 7.05 Å². The fraction of sp³-hybridized carbons (Fsp3) is 0.350. The predicted molar refractivity (Wildman–Crippen MR) is 95.8 cm³/mol. The summed E-state index contributed by atoms with van der Waals surface area (Å²) in [5, 5.41) is 3.03. The quantitative estimate of drug-likeness (QED) is 0.844. The fourth-order valence-corrected chi connectivity index (χ4v) is 2.66. The first kappa shape index (κ1) is 17.2. The van der Waals surface area contributed by atoms with Crippen LogP contribution >= 0.6 is 0 Å². The van der Waals surface area contributed by atoms with Crippen molar-refractivity contribution >= 4 is 11.6 Å². The van der Waals surface area contributed by atoms with Gasteiger partial charge in [-0.1, -0.05) is 43.3 Å². The maximum absolute atomic E-state index is 12.2. The summed E-state index contributed by atoms with van der Waals surface area (Å²) in [5.74, 6) is 0.0568. The summed E-state index contributed by atoms with van der Waals surface area (Å²) in [6.07, 6.45) is 1.06. The highest BCUT2D eigenvalue weighted by molar-refractivity contribution is 5.92. The second-order valence-corrected chi connectivity index (χ2v) is 6.28. The molecule has 1 atom stereocenters. The fourth-order valence-electron chi connectivity index (χ4n) is 2.66. The smallest absolute Gasteiger partial charge is 0.279 e. The Morgan fingerprint density at radius 1 is 1.04 bits per heavy atom. The molecule has 0 aliphatic heterocycles. The molecule has 2 aromatic rings. The van der Waals surface area contributed by atoms with Crippen LogP contribution in [0.2, 0.25) is 0 Å². The maximum atomic E-state index is 12.2. The molecule has 2 aromatic carbocycles. The van der Waals surface area contributed by atoms with Crippen molar-refractivity contribution in [2.75, 3.05) is 18.9 Å². The van der Waals surface area contributed by atoms with Gasteiger partial charge in [0.2, 0.25) is 0 Å². The molecular weight excluding hydrogens is 284 g/mol. The van der Waals surface area contributed by atoms with E-state index in [4.69, 9.17) is 0 Å². The summed E-state index contributed by atoms with van der Waals surface area (Å²) in [4.78, 5) is 13.4. The van der Waals surface area contributed by atoms with Gasteiger partial charge in [-0.2, -0.15) is 0 Å². The van der Waals surface area contributed by atoms with Crippen LogP contribution in [0.25, 0.3) is 0 Å². The van der Waals surface area contributed by atoms with E-state index in [1.165, 1.54) is 21.6 Å². The molecule has 2 N–H and O–H groups in total. The van der Waals surface area contributed by atoms with Gasteiger partial charge in [-0.25, -0.2) is 0 Å². The Hall–Kier alpha value is -2.13. The summed E-state index contributed by atoms with van der Waals surface area (Å²) < 4.78 is 0. The monoisotopic (exact) mass is 311 g/mol. The van der Waals surface area contributed by atoms with Gasteiger partial charge in [-0.05, 0) is 43.0 Å². The Kier molecular flexibility index (Phi) is 5.94. The lowest BCUT2D eigenvalue weighted by atomic mass is 10.1.